The van der Waals surface area contributed by atoms with Gasteiger partial charge in [0.2, 0.25) is 16.9 Å². The quantitative estimate of drug-likeness (QED) is 0.775. The minimum Gasteiger partial charge on any atom is -0.497 e. The van der Waals surface area contributed by atoms with E-state index in [2.05, 4.69) is 20.8 Å². The molecular formula is C18H24N4O3S. The Labute approximate surface area is 157 Å². The number of anilines is 1. The number of rotatable bonds is 7. The van der Waals surface area contributed by atoms with Gasteiger partial charge in [0.15, 0.2) is 0 Å². The van der Waals surface area contributed by atoms with Crippen molar-refractivity contribution in [3.63, 3.8) is 0 Å². The number of hydrogen-bond acceptors (Lipinski definition) is 6. The Morgan fingerprint density at radius 3 is 2.46 bits per heavy atom. The molecule has 0 aliphatic carbocycles. The second-order valence-electron chi connectivity index (χ2n) is 6.52. The first-order valence-electron chi connectivity index (χ1n) is 8.41. The molecule has 1 heterocycles. The Kier molecular flexibility index (Phi) is 6.68. The van der Waals surface area contributed by atoms with Gasteiger partial charge in [-0.1, -0.05) is 51.2 Å². The van der Waals surface area contributed by atoms with Crippen molar-refractivity contribution >= 4 is 28.3 Å². The highest BCUT2D eigenvalue weighted by Crippen LogP contribution is 2.28. The van der Waals surface area contributed by atoms with Crippen LogP contribution in [0.5, 0.6) is 5.75 Å². The summed E-state index contributed by atoms with van der Waals surface area (Å²) in [5, 5.41) is 14.7. The molecule has 140 valence electrons. The van der Waals surface area contributed by atoms with Crippen molar-refractivity contribution in [3.05, 3.63) is 24.3 Å². The van der Waals surface area contributed by atoms with Crippen molar-refractivity contribution in [1.29, 1.82) is 0 Å². The molecule has 0 aliphatic heterocycles. The second kappa shape index (κ2) is 8.75. The van der Waals surface area contributed by atoms with Crippen molar-refractivity contribution in [1.82, 2.24) is 15.5 Å². The maximum Gasteiger partial charge on any atom is 0.249 e. The molecule has 2 amide bonds. The Morgan fingerprint density at radius 1 is 1.12 bits per heavy atom. The monoisotopic (exact) mass is 376 g/mol. The third kappa shape index (κ3) is 5.01. The largest absolute Gasteiger partial charge is 0.497 e. The molecule has 0 radical (unpaired) electrons. The van der Waals surface area contributed by atoms with Gasteiger partial charge in [0, 0.05) is 11.5 Å². The van der Waals surface area contributed by atoms with Crippen LogP contribution in [0.3, 0.4) is 0 Å². The summed E-state index contributed by atoms with van der Waals surface area (Å²) < 4.78 is 5.21. The van der Waals surface area contributed by atoms with Gasteiger partial charge in [-0.15, -0.1) is 10.2 Å². The number of methoxy groups -OCH3 is 1. The molecule has 2 N–H and O–H groups in total. The lowest BCUT2D eigenvalue weighted by Crippen LogP contribution is -2.48. The van der Waals surface area contributed by atoms with Gasteiger partial charge in [-0.2, -0.15) is 0 Å². The molecule has 0 spiro atoms. The molecule has 1 aromatic heterocycles. The maximum absolute atomic E-state index is 12.6. The Hall–Kier alpha value is -2.48. The van der Waals surface area contributed by atoms with E-state index >= 15 is 0 Å². The van der Waals surface area contributed by atoms with Crippen LogP contribution in [-0.4, -0.2) is 35.2 Å². The number of ether oxygens (including phenoxy) is 1. The van der Waals surface area contributed by atoms with Gasteiger partial charge < -0.3 is 10.1 Å². The first kappa shape index (κ1) is 19.8. The van der Waals surface area contributed by atoms with Crippen molar-refractivity contribution in [2.75, 3.05) is 12.4 Å². The molecule has 0 aliphatic rings. The predicted octanol–water partition coefficient (Wildman–Crippen LogP) is 2.95. The van der Waals surface area contributed by atoms with E-state index in [9.17, 15) is 9.59 Å². The average molecular weight is 376 g/mol. The number of nitrogens with zero attached hydrogens (tertiary/aromatic N) is 2. The van der Waals surface area contributed by atoms with E-state index in [1.165, 1.54) is 11.3 Å². The van der Waals surface area contributed by atoms with E-state index in [4.69, 9.17) is 4.74 Å². The number of aromatic nitrogens is 2. The molecule has 0 bridgehead atoms. The summed E-state index contributed by atoms with van der Waals surface area (Å²) in [7, 11) is 1.60. The molecule has 2 aromatic rings. The minimum absolute atomic E-state index is 0.0523. The van der Waals surface area contributed by atoms with Gasteiger partial charge in [-0.3, -0.25) is 14.9 Å². The molecule has 7 nitrogen and oxygen atoms in total. The van der Waals surface area contributed by atoms with E-state index in [1.54, 1.807) is 21.0 Å². The highest BCUT2D eigenvalue weighted by atomic mass is 32.1. The number of carbonyl (C=O) groups excluding carboxylic acids is 2. The zero-order valence-electron chi connectivity index (χ0n) is 15.6. The lowest BCUT2D eigenvalue weighted by molar-refractivity contribution is -0.129. The summed E-state index contributed by atoms with van der Waals surface area (Å²) in [6.45, 7) is 7.34. The molecule has 1 unspecified atom stereocenters. The van der Waals surface area contributed by atoms with E-state index in [0.717, 1.165) is 11.3 Å². The van der Waals surface area contributed by atoms with E-state index in [1.807, 2.05) is 38.1 Å². The highest BCUT2D eigenvalue weighted by Gasteiger charge is 2.26. The van der Waals surface area contributed by atoms with Crippen LogP contribution in [0.15, 0.2) is 24.3 Å². The lowest BCUT2D eigenvalue weighted by atomic mass is 10.0. The lowest BCUT2D eigenvalue weighted by Gasteiger charge is -2.21. The van der Waals surface area contributed by atoms with Crippen molar-refractivity contribution in [2.24, 2.45) is 11.8 Å². The SMILES string of the molecule is COc1cccc(-c2nnc(NC(=O)C(NC(=O)C(C)C)C(C)C)s2)c1. The zero-order valence-corrected chi connectivity index (χ0v) is 16.4. The summed E-state index contributed by atoms with van der Waals surface area (Å²) >= 11 is 1.27. The van der Waals surface area contributed by atoms with Crippen LogP contribution in [0.4, 0.5) is 5.13 Å². The minimum atomic E-state index is -0.630. The Morgan fingerprint density at radius 2 is 1.85 bits per heavy atom. The van der Waals surface area contributed by atoms with Crippen LogP contribution in [-0.2, 0) is 9.59 Å². The standard InChI is InChI=1S/C18H24N4O3S/c1-10(2)14(19-15(23)11(3)4)16(24)20-18-22-21-17(26-18)12-7-6-8-13(9-12)25-5/h6-11,14H,1-5H3,(H,19,23)(H,20,22,24). The third-order valence-corrected chi connectivity index (χ3v) is 4.63. The molecule has 0 saturated heterocycles. The van der Waals surface area contributed by atoms with E-state index in [0.29, 0.717) is 10.1 Å². The van der Waals surface area contributed by atoms with Crippen LogP contribution in [0.25, 0.3) is 10.6 Å². The molecule has 0 saturated carbocycles. The molecule has 26 heavy (non-hydrogen) atoms. The summed E-state index contributed by atoms with van der Waals surface area (Å²) in [6, 6.07) is 6.83. The topological polar surface area (TPSA) is 93.2 Å². The Bertz CT molecular complexity index is 773. The second-order valence-corrected chi connectivity index (χ2v) is 7.50. The van der Waals surface area contributed by atoms with Crippen LogP contribution in [0, 0.1) is 11.8 Å². The number of amides is 2. The smallest absolute Gasteiger partial charge is 0.249 e. The van der Waals surface area contributed by atoms with Crippen LogP contribution in [0.1, 0.15) is 27.7 Å². The fourth-order valence-corrected chi connectivity index (χ4v) is 2.93. The highest BCUT2D eigenvalue weighted by molar-refractivity contribution is 7.18. The van der Waals surface area contributed by atoms with E-state index in [-0.39, 0.29) is 23.7 Å². The van der Waals surface area contributed by atoms with Gasteiger partial charge in [0.1, 0.15) is 16.8 Å². The number of benzene rings is 1. The predicted molar refractivity (Wildman–Crippen MR) is 102 cm³/mol. The van der Waals surface area contributed by atoms with Crippen LogP contribution < -0.4 is 15.4 Å². The molecule has 0 fully saturated rings. The number of carbonyl (C=O) groups is 2. The third-order valence-electron chi connectivity index (χ3n) is 3.74. The number of nitrogens with one attached hydrogen (secondary N) is 2. The van der Waals surface area contributed by atoms with Gasteiger partial charge in [0.25, 0.3) is 0 Å². The summed E-state index contributed by atoms with van der Waals surface area (Å²) in [4.78, 5) is 24.5. The van der Waals surface area contributed by atoms with Crippen LogP contribution >= 0.6 is 11.3 Å². The van der Waals surface area contributed by atoms with E-state index < -0.39 is 6.04 Å². The Balaban J connectivity index is 2.11. The first-order valence-corrected chi connectivity index (χ1v) is 9.22. The van der Waals surface area contributed by atoms with Gasteiger partial charge in [-0.05, 0) is 18.1 Å². The maximum atomic E-state index is 12.6. The zero-order chi connectivity index (χ0) is 19.3. The summed E-state index contributed by atoms with van der Waals surface area (Å²) in [5.41, 5.74) is 0.857. The first-order chi connectivity index (χ1) is 12.3. The van der Waals surface area contributed by atoms with Gasteiger partial charge in [-0.25, -0.2) is 0 Å². The molecule has 2 rings (SSSR count). The van der Waals surface area contributed by atoms with Crippen molar-refractivity contribution in [2.45, 2.75) is 33.7 Å². The van der Waals surface area contributed by atoms with Crippen LogP contribution in [0.2, 0.25) is 0 Å². The fourth-order valence-electron chi connectivity index (χ4n) is 2.18. The molecule has 1 aromatic carbocycles. The summed E-state index contributed by atoms with van der Waals surface area (Å²) in [6.07, 6.45) is 0. The van der Waals surface area contributed by atoms with Crippen molar-refractivity contribution in [3.8, 4) is 16.3 Å². The van der Waals surface area contributed by atoms with Crippen molar-refractivity contribution < 1.29 is 14.3 Å². The molecule has 8 heteroatoms. The molecular weight excluding hydrogens is 352 g/mol. The normalized spacial score (nSPS) is 12.1. The van der Waals surface area contributed by atoms with Gasteiger partial charge >= 0.3 is 0 Å². The van der Waals surface area contributed by atoms with Gasteiger partial charge in [0.05, 0.1) is 7.11 Å². The fraction of sp³-hybridized carbons (Fsp3) is 0.444. The molecule has 1 atom stereocenters. The number of hydrogen-bond donors (Lipinski definition) is 2. The summed E-state index contributed by atoms with van der Waals surface area (Å²) in [5.74, 6) is 0.0174. The average Bonchev–Trinajstić information content (AvgIpc) is 3.07.